The van der Waals surface area contributed by atoms with E-state index in [4.69, 9.17) is 0 Å². The second-order valence-electron chi connectivity index (χ2n) is 4.47. The van der Waals surface area contributed by atoms with Crippen LogP contribution in [0.1, 0.15) is 11.4 Å². The summed E-state index contributed by atoms with van der Waals surface area (Å²) in [5, 5.41) is 22.2. The molecule has 0 spiro atoms. The van der Waals surface area contributed by atoms with Crippen LogP contribution in [0.4, 0.5) is 5.69 Å². The Morgan fingerprint density at radius 3 is 2.41 bits per heavy atom. The van der Waals surface area contributed by atoms with E-state index in [1.54, 1.807) is 18.2 Å². The van der Waals surface area contributed by atoms with E-state index in [-0.39, 0.29) is 5.69 Å². The molecule has 0 aliphatic rings. The first-order chi connectivity index (χ1) is 10.7. The summed E-state index contributed by atoms with van der Waals surface area (Å²) in [4.78, 5) is 10.2. The molecule has 1 aromatic heterocycles. The summed E-state index contributed by atoms with van der Waals surface area (Å²) in [6.07, 6.45) is 3.68. The Morgan fingerprint density at radius 1 is 1.00 bits per heavy atom. The third kappa shape index (κ3) is 2.88. The van der Waals surface area contributed by atoms with Crippen molar-refractivity contribution in [1.82, 2.24) is 20.2 Å². The van der Waals surface area contributed by atoms with Crippen LogP contribution in [0, 0.1) is 10.1 Å². The van der Waals surface area contributed by atoms with Gasteiger partial charge in [0.2, 0.25) is 0 Å². The van der Waals surface area contributed by atoms with Crippen molar-refractivity contribution in [2.24, 2.45) is 0 Å². The minimum absolute atomic E-state index is 0.0261. The SMILES string of the molecule is O=[N+]([O-])c1ccc(-n2nnnc2/C=C/c2ccccc2)cc1. The number of hydrogen-bond donors (Lipinski definition) is 0. The van der Waals surface area contributed by atoms with Gasteiger partial charge in [-0.2, -0.15) is 4.68 Å². The van der Waals surface area contributed by atoms with Crippen molar-refractivity contribution >= 4 is 17.8 Å². The number of rotatable bonds is 4. The van der Waals surface area contributed by atoms with E-state index in [9.17, 15) is 10.1 Å². The van der Waals surface area contributed by atoms with Crippen molar-refractivity contribution in [3.8, 4) is 5.69 Å². The predicted molar refractivity (Wildman–Crippen MR) is 81.2 cm³/mol. The molecule has 7 heteroatoms. The van der Waals surface area contributed by atoms with E-state index in [2.05, 4.69) is 15.5 Å². The van der Waals surface area contributed by atoms with E-state index in [0.717, 1.165) is 5.56 Å². The van der Waals surface area contributed by atoms with Crippen molar-refractivity contribution in [3.05, 3.63) is 76.1 Å². The van der Waals surface area contributed by atoms with Crippen LogP contribution in [0.15, 0.2) is 54.6 Å². The molecule has 0 bridgehead atoms. The highest BCUT2D eigenvalue weighted by atomic mass is 16.6. The Hall–Kier alpha value is -3.35. The number of nitro benzene ring substituents is 1. The van der Waals surface area contributed by atoms with Gasteiger partial charge in [0.05, 0.1) is 10.6 Å². The number of non-ortho nitro benzene ring substituents is 1. The van der Waals surface area contributed by atoms with Crippen molar-refractivity contribution in [2.45, 2.75) is 0 Å². The van der Waals surface area contributed by atoms with E-state index < -0.39 is 4.92 Å². The Bertz CT molecular complexity index is 809. The molecule has 7 nitrogen and oxygen atoms in total. The number of nitro groups is 1. The smallest absolute Gasteiger partial charge is 0.258 e. The molecule has 22 heavy (non-hydrogen) atoms. The lowest BCUT2D eigenvalue weighted by Crippen LogP contribution is -1.99. The maximum atomic E-state index is 10.7. The largest absolute Gasteiger partial charge is 0.269 e. The standard InChI is InChI=1S/C15H11N5O2/c21-20(22)14-9-7-13(8-10-14)19-15(16-17-18-19)11-6-12-4-2-1-3-5-12/h1-11H/b11-6+. The minimum Gasteiger partial charge on any atom is -0.258 e. The molecule has 0 atom stereocenters. The quantitative estimate of drug-likeness (QED) is 0.545. The summed E-state index contributed by atoms with van der Waals surface area (Å²) in [6.45, 7) is 0. The number of nitrogens with zero attached hydrogens (tertiary/aromatic N) is 5. The molecule has 0 saturated carbocycles. The molecule has 0 radical (unpaired) electrons. The van der Waals surface area contributed by atoms with Crippen LogP contribution in [-0.4, -0.2) is 25.1 Å². The average molecular weight is 293 g/mol. The average Bonchev–Trinajstić information content (AvgIpc) is 3.02. The summed E-state index contributed by atoms with van der Waals surface area (Å²) < 4.78 is 1.52. The van der Waals surface area contributed by atoms with Crippen molar-refractivity contribution < 1.29 is 4.92 Å². The molecule has 2 aromatic carbocycles. The Morgan fingerprint density at radius 2 is 1.73 bits per heavy atom. The van der Waals surface area contributed by atoms with E-state index in [1.165, 1.54) is 16.8 Å². The zero-order chi connectivity index (χ0) is 15.4. The maximum Gasteiger partial charge on any atom is 0.269 e. The lowest BCUT2D eigenvalue weighted by molar-refractivity contribution is -0.384. The molecule has 108 valence electrons. The van der Waals surface area contributed by atoms with Gasteiger partial charge in [0.25, 0.3) is 5.69 Å². The fourth-order valence-electron chi connectivity index (χ4n) is 1.93. The van der Waals surface area contributed by atoms with Gasteiger partial charge in [0.1, 0.15) is 0 Å². The van der Waals surface area contributed by atoms with Gasteiger partial charge in [-0.25, -0.2) is 0 Å². The predicted octanol–water partition coefficient (Wildman–Crippen LogP) is 2.74. The highest BCUT2D eigenvalue weighted by Crippen LogP contribution is 2.16. The molecular weight excluding hydrogens is 282 g/mol. The highest BCUT2D eigenvalue weighted by Gasteiger charge is 2.08. The third-order valence-electron chi connectivity index (χ3n) is 3.02. The van der Waals surface area contributed by atoms with Gasteiger partial charge < -0.3 is 0 Å². The maximum absolute atomic E-state index is 10.7. The van der Waals surface area contributed by atoms with Gasteiger partial charge in [0, 0.05) is 12.1 Å². The molecule has 0 N–H and O–H groups in total. The summed E-state index contributed by atoms with van der Waals surface area (Å²) in [6, 6.07) is 15.8. The fraction of sp³-hybridized carbons (Fsp3) is 0. The highest BCUT2D eigenvalue weighted by molar-refractivity contribution is 5.67. The van der Waals surface area contributed by atoms with Crippen molar-refractivity contribution in [3.63, 3.8) is 0 Å². The van der Waals surface area contributed by atoms with Crippen LogP contribution < -0.4 is 0 Å². The lowest BCUT2D eigenvalue weighted by Gasteiger charge is -2.01. The summed E-state index contributed by atoms with van der Waals surface area (Å²) >= 11 is 0. The number of tetrazole rings is 1. The Kier molecular flexibility index (Phi) is 3.69. The molecule has 0 fully saturated rings. The lowest BCUT2D eigenvalue weighted by atomic mass is 10.2. The topological polar surface area (TPSA) is 86.7 Å². The van der Waals surface area contributed by atoms with Gasteiger partial charge in [0.15, 0.2) is 5.82 Å². The second kappa shape index (κ2) is 5.96. The third-order valence-corrected chi connectivity index (χ3v) is 3.02. The molecule has 3 aromatic rings. The first-order valence-electron chi connectivity index (χ1n) is 6.50. The van der Waals surface area contributed by atoms with E-state index in [0.29, 0.717) is 11.5 Å². The monoisotopic (exact) mass is 293 g/mol. The first-order valence-corrected chi connectivity index (χ1v) is 6.50. The van der Waals surface area contributed by atoms with Crippen LogP contribution >= 0.6 is 0 Å². The molecule has 3 rings (SSSR count). The van der Waals surface area contributed by atoms with Crippen LogP contribution in [0.25, 0.3) is 17.8 Å². The molecule has 0 saturated heterocycles. The molecule has 0 aliphatic carbocycles. The van der Waals surface area contributed by atoms with Gasteiger partial charge in [-0.05, 0) is 34.2 Å². The zero-order valence-electron chi connectivity index (χ0n) is 11.4. The van der Waals surface area contributed by atoms with Crippen molar-refractivity contribution in [1.29, 1.82) is 0 Å². The van der Waals surface area contributed by atoms with Gasteiger partial charge >= 0.3 is 0 Å². The second-order valence-corrected chi connectivity index (χ2v) is 4.47. The van der Waals surface area contributed by atoms with E-state index >= 15 is 0 Å². The van der Waals surface area contributed by atoms with Crippen LogP contribution in [0.2, 0.25) is 0 Å². The fourth-order valence-corrected chi connectivity index (χ4v) is 1.93. The Labute approximate surface area is 125 Å². The van der Waals surface area contributed by atoms with Gasteiger partial charge in [-0.15, -0.1) is 5.10 Å². The summed E-state index contributed by atoms with van der Waals surface area (Å²) in [5.74, 6) is 0.540. The molecule has 1 heterocycles. The molecular formula is C15H11N5O2. The molecule has 0 unspecified atom stereocenters. The van der Waals surface area contributed by atoms with Crippen LogP contribution in [0.5, 0.6) is 0 Å². The number of hydrogen-bond acceptors (Lipinski definition) is 5. The molecule has 0 aliphatic heterocycles. The molecule has 0 amide bonds. The van der Waals surface area contributed by atoms with Crippen LogP contribution in [0.3, 0.4) is 0 Å². The van der Waals surface area contributed by atoms with Gasteiger partial charge in [-0.3, -0.25) is 10.1 Å². The summed E-state index contributed by atoms with van der Waals surface area (Å²) in [7, 11) is 0. The normalized spacial score (nSPS) is 10.9. The number of aromatic nitrogens is 4. The van der Waals surface area contributed by atoms with E-state index in [1.807, 2.05) is 36.4 Å². The zero-order valence-corrected chi connectivity index (χ0v) is 11.4. The first kappa shape index (κ1) is 13.6. The van der Waals surface area contributed by atoms with Crippen LogP contribution in [-0.2, 0) is 0 Å². The van der Waals surface area contributed by atoms with Gasteiger partial charge in [-0.1, -0.05) is 36.4 Å². The minimum atomic E-state index is -0.445. The number of benzene rings is 2. The Balaban J connectivity index is 1.89. The van der Waals surface area contributed by atoms with Crippen molar-refractivity contribution in [2.75, 3.05) is 0 Å². The summed E-state index contributed by atoms with van der Waals surface area (Å²) in [5.41, 5.74) is 1.71.